The second kappa shape index (κ2) is 9.19. The maximum atomic E-state index is 11.2. The van der Waals surface area contributed by atoms with Crippen LogP contribution in [0.4, 0.5) is 0 Å². The summed E-state index contributed by atoms with van der Waals surface area (Å²) in [5.41, 5.74) is 0.424. The smallest absolute Gasteiger partial charge is 0.229 e. The number of aliphatic hydroxyl groups is 5. The van der Waals surface area contributed by atoms with Crippen molar-refractivity contribution in [3.63, 3.8) is 0 Å². The molecule has 2 fully saturated rings. The van der Waals surface area contributed by atoms with Crippen molar-refractivity contribution in [1.82, 2.24) is 0 Å². The summed E-state index contributed by atoms with van der Waals surface area (Å²) in [5, 5.41) is 60.0. The highest BCUT2D eigenvalue weighted by molar-refractivity contribution is 5.33. The normalized spacial score (nSPS) is 38.9. The molecule has 0 aliphatic carbocycles. The van der Waals surface area contributed by atoms with E-state index in [9.17, 15) is 30.6 Å². The Bertz CT molecular complexity index is 928. The van der Waals surface area contributed by atoms with E-state index >= 15 is 0 Å². The third-order valence-corrected chi connectivity index (χ3v) is 6.69. The van der Waals surface area contributed by atoms with Gasteiger partial charge in [0.05, 0.1) is 18.3 Å². The first-order chi connectivity index (χ1) is 15.6. The van der Waals surface area contributed by atoms with Gasteiger partial charge in [0.25, 0.3) is 0 Å². The summed E-state index contributed by atoms with van der Waals surface area (Å²) in [6.07, 6.45) is -7.79. The third kappa shape index (κ3) is 4.45. The van der Waals surface area contributed by atoms with E-state index in [0.29, 0.717) is 5.75 Å². The summed E-state index contributed by atoms with van der Waals surface area (Å²) in [6, 6.07) is 13.4. The minimum atomic E-state index is -1.52. The fourth-order valence-electron chi connectivity index (χ4n) is 4.41. The second-order valence-electron chi connectivity index (χ2n) is 8.93. The molecule has 0 amide bonds. The van der Waals surface area contributed by atoms with E-state index in [2.05, 4.69) is 0 Å². The average molecular weight is 462 g/mol. The number of aromatic hydroxyl groups is 1. The van der Waals surface area contributed by atoms with E-state index in [4.69, 9.17) is 14.2 Å². The van der Waals surface area contributed by atoms with Crippen LogP contribution < -0.4 is 4.74 Å². The summed E-state index contributed by atoms with van der Waals surface area (Å²) in [7, 11) is 0. The van der Waals surface area contributed by atoms with Gasteiger partial charge in [-0.1, -0.05) is 31.2 Å². The molecule has 4 rings (SSSR count). The van der Waals surface area contributed by atoms with Crippen LogP contribution in [0.1, 0.15) is 37.2 Å². The monoisotopic (exact) mass is 462 g/mol. The van der Waals surface area contributed by atoms with Crippen LogP contribution in [-0.4, -0.2) is 73.6 Å². The van der Waals surface area contributed by atoms with Gasteiger partial charge in [-0.3, -0.25) is 0 Å². The Hall–Kier alpha value is -2.24. The van der Waals surface area contributed by atoms with Crippen LogP contribution in [0.25, 0.3) is 0 Å². The topological polar surface area (TPSA) is 149 Å². The Balaban J connectivity index is 1.48. The molecule has 2 saturated heterocycles. The number of benzene rings is 2. The number of phenols is 1. The number of phenolic OH excluding ortho intramolecular Hbond substituents is 1. The van der Waals surface area contributed by atoms with Gasteiger partial charge in [0, 0.05) is 5.92 Å². The van der Waals surface area contributed by atoms with Crippen LogP contribution in [0, 0.1) is 5.92 Å². The first-order valence-electron chi connectivity index (χ1n) is 10.9. The molecule has 0 radical (unpaired) electrons. The molecule has 180 valence electrons. The zero-order valence-corrected chi connectivity index (χ0v) is 18.4. The quantitative estimate of drug-likeness (QED) is 0.379. The molecule has 2 aromatic rings. The van der Waals surface area contributed by atoms with Crippen LogP contribution in [0.15, 0.2) is 48.5 Å². The Morgan fingerprint density at radius 1 is 0.879 bits per heavy atom. The van der Waals surface area contributed by atoms with Crippen LogP contribution in [-0.2, 0) is 9.47 Å². The fraction of sp³-hybridized carbons (Fsp3) is 0.500. The Labute approximate surface area is 191 Å². The van der Waals surface area contributed by atoms with E-state index in [-0.39, 0.29) is 11.7 Å². The Kier molecular flexibility index (Phi) is 6.66. The fourth-order valence-corrected chi connectivity index (χ4v) is 4.41. The highest BCUT2D eigenvalue weighted by Gasteiger charge is 2.51. The number of aliphatic hydroxyl groups excluding tert-OH is 4. The molecule has 2 aromatic carbocycles. The van der Waals surface area contributed by atoms with E-state index < -0.39 is 55.1 Å². The van der Waals surface area contributed by atoms with Crippen molar-refractivity contribution in [3.05, 3.63) is 59.7 Å². The van der Waals surface area contributed by atoms with Crippen molar-refractivity contribution in [1.29, 1.82) is 0 Å². The number of hydrogen-bond acceptors (Lipinski definition) is 9. The zero-order chi connectivity index (χ0) is 23.9. The average Bonchev–Trinajstić information content (AvgIpc) is 3.04. The molecule has 0 saturated carbocycles. The summed E-state index contributed by atoms with van der Waals surface area (Å²) in [5.74, 6) is 0.236. The molecule has 9 unspecified atom stereocenters. The highest BCUT2D eigenvalue weighted by Crippen LogP contribution is 2.51. The summed E-state index contributed by atoms with van der Waals surface area (Å²) in [4.78, 5) is 0. The van der Waals surface area contributed by atoms with E-state index in [1.165, 1.54) is 0 Å². The van der Waals surface area contributed by atoms with Gasteiger partial charge in [-0.2, -0.15) is 0 Å². The lowest BCUT2D eigenvalue weighted by molar-refractivity contribution is -0.277. The number of rotatable bonds is 5. The van der Waals surface area contributed by atoms with Crippen molar-refractivity contribution in [2.45, 2.75) is 62.4 Å². The van der Waals surface area contributed by atoms with E-state index in [0.717, 1.165) is 11.1 Å². The Morgan fingerprint density at radius 2 is 1.48 bits per heavy atom. The minimum Gasteiger partial charge on any atom is -0.508 e. The predicted octanol–water partition coefficient (Wildman–Crippen LogP) is 0.771. The lowest BCUT2D eigenvalue weighted by Crippen LogP contribution is -2.60. The molecule has 2 aliphatic heterocycles. The first kappa shape index (κ1) is 23.9. The molecule has 2 aliphatic rings. The summed E-state index contributed by atoms with van der Waals surface area (Å²) in [6.45, 7) is 3.10. The molecule has 33 heavy (non-hydrogen) atoms. The minimum absolute atomic E-state index is 0.135. The molecule has 6 N–H and O–H groups in total. The van der Waals surface area contributed by atoms with Crippen molar-refractivity contribution < 1.29 is 44.8 Å². The predicted molar refractivity (Wildman–Crippen MR) is 115 cm³/mol. The van der Waals surface area contributed by atoms with Gasteiger partial charge in [-0.15, -0.1) is 0 Å². The maximum Gasteiger partial charge on any atom is 0.229 e. The molecule has 2 heterocycles. The molecule has 9 heteroatoms. The van der Waals surface area contributed by atoms with E-state index in [1.54, 1.807) is 55.5 Å². The van der Waals surface area contributed by atoms with Crippen LogP contribution in [0.3, 0.4) is 0 Å². The van der Waals surface area contributed by atoms with Crippen molar-refractivity contribution in [2.24, 2.45) is 5.92 Å². The van der Waals surface area contributed by atoms with Gasteiger partial charge < -0.3 is 44.8 Å². The Morgan fingerprint density at radius 3 is 2.09 bits per heavy atom. The first-order valence-corrected chi connectivity index (χ1v) is 10.9. The second-order valence-corrected chi connectivity index (χ2v) is 8.93. The van der Waals surface area contributed by atoms with Gasteiger partial charge in [0.2, 0.25) is 6.29 Å². The molecule has 9 nitrogen and oxygen atoms in total. The zero-order valence-electron chi connectivity index (χ0n) is 18.4. The van der Waals surface area contributed by atoms with Crippen LogP contribution >= 0.6 is 0 Å². The lowest BCUT2D eigenvalue weighted by Gasteiger charge is -2.39. The maximum absolute atomic E-state index is 11.2. The molecule has 9 atom stereocenters. The number of ether oxygens (including phenoxy) is 3. The van der Waals surface area contributed by atoms with Gasteiger partial charge in [0.1, 0.15) is 42.0 Å². The SMILES string of the molecule is CC1C(c2ccc(OC3OC(CO)C(O)C(O)C3O)cc2)OC(c2ccc(O)cc2)C1(C)O. The van der Waals surface area contributed by atoms with Crippen molar-refractivity contribution in [3.8, 4) is 11.5 Å². The van der Waals surface area contributed by atoms with Crippen LogP contribution in [0.5, 0.6) is 11.5 Å². The van der Waals surface area contributed by atoms with Gasteiger partial charge in [-0.05, 0) is 42.3 Å². The molecule has 0 spiro atoms. The molecule has 0 bridgehead atoms. The van der Waals surface area contributed by atoms with Crippen molar-refractivity contribution in [2.75, 3.05) is 6.61 Å². The largest absolute Gasteiger partial charge is 0.508 e. The molecular weight excluding hydrogens is 432 g/mol. The van der Waals surface area contributed by atoms with Gasteiger partial charge >= 0.3 is 0 Å². The summed E-state index contributed by atoms with van der Waals surface area (Å²) >= 11 is 0. The summed E-state index contributed by atoms with van der Waals surface area (Å²) < 4.78 is 17.2. The highest BCUT2D eigenvalue weighted by atomic mass is 16.7. The number of hydrogen-bond donors (Lipinski definition) is 6. The van der Waals surface area contributed by atoms with Crippen molar-refractivity contribution >= 4 is 0 Å². The van der Waals surface area contributed by atoms with Gasteiger partial charge in [-0.25, -0.2) is 0 Å². The van der Waals surface area contributed by atoms with Gasteiger partial charge in [0.15, 0.2) is 0 Å². The molecular formula is C24H30O9. The lowest BCUT2D eigenvalue weighted by atomic mass is 9.81. The standard InChI is InChI=1S/C24H30O9/c1-12-21(33-22(24(12,2)30)14-3-7-15(26)8-4-14)13-5-9-16(10-6-13)31-23-20(29)19(28)18(27)17(11-25)32-23/h3-10,12,17-23,25-30H,11H2,1-2H3. The van der Waals surface area contributed by atoms with E-state index in [1.807, 2.05) is 6.92 Å². The molecule has 0 aromatic heterocycles. The van der Waals surface area contributed by atoms with Crippen LogP contribution in [0.2, 0.25) is 0 Å². The third-order valence-electron chi connectivity index (χ3n) is 6.69.